The molecule has 0 fully saturated rings. The number of unbranched alkanes of at least 4 members (excludes halogenated alkanes) is 2. The van der Waals surface area contributed by atoms with Crippen LogP contribution in [0.5, 0.6) is 0 Å². The Labute approximate surface area is 152 Å². The number of aryl methyl sites for hydroxylation is 1. The summed E-state index contributed by atoms with van der Waals surface area (Å²) < 4.78 is 5.53. The van der Waals surface area contributed by atoms with Gasteiger partial charge in [-0.05, 0) is 37.5 Å². The summed E-state index contributed by atoms with van der Waals surface area (Å²) in [5.74, 6) is -1.19. The molecule has 1 aromatic carbocycles. The van der Waals surface area contributed by atoms with Gasteiger partial charge in [0.05, 0.1) is 7.11 Å². The van der Waals surface area contributed by atoms with Gasteiger partial charge in [-0.15, -0.1) is 0 Å². The van der Waals surface area contributed by atoms with Crippen LogP contribution in [0, 0.1) is 6.92 Å². The molecule has 0 radical (unpaired) electrons. The van der Waals surface area contributed by atoms with Crippen molar-refractivity contribution in [1.29, 1.82) is 0 Å². The van der Waals surface area contributed by atoms with E-state index < -0.39 is 18.0 Å². The topological polar surface area (TPSA) is 80.4 Å². The zero-order valence-electron chi connectivity index (χ0n) is 15.3. The van der Waals surface area contributed by atoms with Crippen LogP contribution in [0.1, 0.15) is 43.9 Å². The largest absolute Gasteiger partial charge is 0.454 e. The lowest BCUT2D eigenvalue weighted by atomic mass is 9.97. The SMILES string of the molecule is CCCCCC1OC(=O)C(C(=O)NOC)=C1c1cc2c(C)cccc2[nH]1. The normalized spacial score (nSPS) is 17.0. The van der Waals surface area contributed by atoms with E-state index in [2.05, 4.69) is 17.4 Å². The number of H-pyrrole nitrogens is 1. The van der Waals surface area contributed by atoms with E-state index in [0.29, 0.717) is 12.0 Å². The number of hydrogen-bond donors (Lipinski definition) is 2. The molecule has 1 unspecified atom stereocenters. The van der Waals surface area contributed by atoms with Crippen LogP contribution in [-0.4, -0.2) is 30.1 Å². The van der Waals surface area contributed by atoms with Crippen LogP contribution in [0.2, 0.25) is 0 Å². The van der Waals surface area contributed by atoms with Crippen molar-refractivity contribution in [2.75, 3.05) is 7.11 Å². The fraction of sp³-hybridized carbons (Fsp3) is 0.400. The van der Waals surface area contributed by atoms with E-state index in [1.807, 2.05) is 31.2 Å². The second-order valence-electron chi connectivity index (χ2n) is 6.53. The molecule has 1 amide bonds. The van der Waals surface area contributed by atoms with Gasteiger partial charge in [0.25, 0.3) is 5.91 Å². The van der Waals surface area contributed by atoms with Crippen LogP contribution >= 0.6 is 0 Å². The second kappa shape index (κ2) is 7.74. The third-order valence-electron chi connectivity index (χ3n) is 4.71. The van der Waals surface area contributed by atoms with Gasteiger partial charge >= 0.3 is 5.97 Å². The molecule has 0 saturated carbocycles. The van der Waals surface area contributed by atoms with Gasteiger partial charge in [0.1, 0.15) is 11.7 Å². The first kappa shape index (κ1) is 18.2. The summed E-state index contributed by atoms with van der Waals surface area (Å²) in [6.07, 6.45) is 3.30. The van der Waals surface area contributed by atoms with Crippen molar-refractivity contribution in [3.8, 4) is 0 Å². The first-order valence-corrected chi connectivity index (χ1v) is 8.94. The lowest BCUT2D eigenvalue weighted by Crippen LogP contribution is -2.26. The van der Waals surface area contributed by atoms with E-state index in [4.69, 9.17) is 9.57 Å². The maximum Gasteiger partial charge on any atom is 0.344 e. The van der Waals surface area contributed by atoms with Gasteiger partial charge in [-0.1, -0.05) is 31.9 Å². The maximum atomic E-state index is 12.4. The van der Waals surface area contributed by atoms with Crippen LogP contribution in [0.4, 0.5) is 0 Å². The predicted octanol–water partition coefficient (Wildman–Crippen LogP) is 3.41. The molecule has 2 heterocycles. The third kappa shape index (κ3) is 3.37. The van der Waals surface area contributed by atoms with Crippen LogP contribution in [0.15, 0.2) is 29.8 Å². The van der Waals surface area contributed by atoms with Crippen molar-refractivity contribution in [3.05, 3.63) is 41.1 Å². The van der Waals surface area contributed by atoms with E-state index >= 15 is 0 Å². The van der Waals surface area contributed by atoms with Gasteiger partial charge in [-0.25, -0.2) is 10.3 Å². The minimum Gasteiger partial charge on any atom is -0.454 e. The summed E-state index contributed by atoms with van der Waals surface area (Å²) in [6.45, 7) is 4.15. The average molecular weight is 356 g/mol. The standard InChI is InChI=1S/C20H24N2O4/c1-4-5-6-10-16-17(18(20(24)26-16)19(23)22-25-3)15-11-13-12(2)8-7-9-14(13)21-15/h7-9,11,16,21H,4-6,10H2,1-3H3,(H,22,23). The molecule has 0 aliphatic carbocycles. The van der Waals surface area contributed by atoms with Crippen LogP contribution in [0.3, 0.4) is 0 Å². The highest BCUT2D eigenvalue weighted by Gasteiger charge is 2.39. The van der Waals surface area contributed by atoms with Crippen LogP contribution < -0.4 is 5.48 Å². The van der Waals surface area contributed by atoms with Gasteiger partial charge < -0.3 is 9.72 Å². The minimum absolute atomic E-state index is 0.0116. The van der Waals surface area contributed by atoms with E-state index in [1.54, 1.807) is 0 Å². The third-order valence-corrected chi connectivity index (χ3v) is 4.71. The van der Waals surface area contributed by atoms with Gasteiger partial charge in [0.15, 0.2) is 0 Å². The zero-order chi connectivity index (χ0) is 18.7. The number of benzene rings is 1. The molecular weight excluding hydrogens is 332 g/mol. The summed E-state index contributed by atoms with van der Waals surface area (Å²) in [6, 6.07) is 7.96. The van der Waals surface area contributed by atoms with Crippen LogP contribution in [-0.2, 0) is 19.2 Å². The van der Waals surface area contributed by atoms with Crippen molar-refractivity contribution in [2.24, 2.45) is 0 Å². The van der Waals surface area contributed by atoms with Gasteiger partial charge in [0.2, 0.25) is 0 Å². The van der Waals surface area contributed by atoms with Crippen molar-refractivity contribution >= 4 is 28.4 Å². The lowest BCUT2D eigenvalue weighted by molar-refractivity contribution is -0.142. The smallest absolute Gasteiger partial charge is 0.344 e. The highest BCUT2D eigenvalue weighted by molar-refractivity contribution is 6.24. The summed E-state index contributed by atoms with van der Waals surface area (Å²) in [5.41, 5.74) is 5.69. The van der Waals surface area contributed by atoms with Crippen molar-refractivity contribution < 1.29 is 19.2 Å². The molecule has 2 aromatic rings. The predicted molar refractivity (Wildman–Crippen MR) is 99.1 cm³/mol. The fourth-order valence-corrected chi connectivity index (χ4v) is 3.42. The summed E-state index contributed by atoms with van der Waals surface area (Å²) in [7, 11) is 1.34. The molecule has 0 saturated heterocycles. The molecule has 0 spiro atoms. The van der Waals surface area contributed by atoms with Crippen molar-refractivity contribution in [2.45, 2.75) is 45.6 Å². The van der Waals surface area contributed by atoms with Gasteiger partial charge in [-0.2, -0.15) is 0 Å². The first-order chi connectivity index (χ1) is 12.6. The molecule has 6 heteroatoms. The second-order valence-corrected chi connectivity index (χ2v) is 6.53. The number of amides is 1. The molecule has 1 aromatic heterocycles. The number of carbonyl (C=O) groups is 2. The first-order valence-electron chi connectivity index (χ1n) is 8.94. The number of cyclic esters (lactones) is 1. The molecule has 26 heavy (non-hydrogen) atoms. The number of esters is 1. The van der Waals surface area contributed by atoms with E-state index in [1.165, 1.54) is 7.11 Å². The Balaban J connectivity index is 2.08. The van der Waals surface area contributed by atoms with E-state index in [0.717, 1.165) is 41.4 Å². The highest BCUT2D eigenvalue weighted by Crippen LogP contribution is 2.36. The van der Waals surface area contributed by atoms with Crippen LogP contribution in [0.25, 0.3) is 16.5 Å². The van der Waals surface area contributed by atoms with E-state index in [9.17, 15) is 9.59 Å². The molecule has 0 bridgehead atoms. The molecule has 3 rings (SSSR count). The Morgan fingerprint density at radius 3 is 2.85 bits per heavy atom. The van der Waals surface area contributed by atoms with E-state index in [-0.39, 0.29) is 5.57 Å². The number of nitrogens with one attached hydrogen (secondary N) is 2. The number of carbonyl (C=O) groups excluding carboxylic acids is 2. The number of ether oxygens (including phenoxy) is 1. The zero-order valence-corrected chi connectivity index (χ0v) is 15.3. The number of hydrogen-bond acceptors (Lipinski definition) is 4. The number of aromatic amines is 1. The monoisotopic (exact) mass is 356 g/mol. The molecular formula is C20H24N2O4. The number of aromatic nitrogens is 1. The average Bonchev–Trinajstić information content (AvgIpc) is 3.17. The van der Waals surface area contributed by atoms with Crippen molar-refractivity contribution in [3.63, 3.8) is 0 Å². The maximum absolute atomic E-state index is 12.4. The summed E-state index contributed by atoms with van der Waals surface area (Å²) in [4.78, 5) is 32.8. The summed E-state index contributed by atoms with van der Waals surface area (Å²) in [5, 5.41) is 1.06. The molecule has 6 nitrogen and oxygen atoms in total. The highest BCUT2D eigenvalue weighted by atomic mass is 16.6. The summed E-state index contributed by atoms with van der Waals surface area (Å²) >= 11 is 0. The quantitative estimate of drug-likeness (QED) is 0.345. The Kier molecular flexibility index (Phi) is 5.42. The number of hydroxylamine groups is 1. The molecule has 2 N–H and O–H groups in total. The van der Waals surface area contributed by atoms with Crippen molar-refractivity contribution in [1.82, 2.24) is 10.5 Å². The Morgan fingerprint density at radius 1 is 1.35 bits per heavy atom. The minimum atomic E-state index is -0.605. The molecule has 1 aliphatic rings. The molecule has 1 atom stereocenters. The Hall–Kier alpha value is -2.60. The fourth-order valence-electron chi connectivity index (χ4n) is 3.42. The Morgan fingerprint density at radius 2 is 2.15 bits per heavy atom. The lowest BCUT2D eigenvalue weighted by Gasteiger charge is -2.13. The van der Waals surface area contributed by atoms with Gasteiger partial charge in [-0.3, -0.25) is 9.63 Å². The Bertz CT molecular complexity index is 866. The molecule has 1 aliphatic heterocycles. The molecule has 138 valence electrons. The van der Waals surface area contributed by atoms with Gasteiger partial charge in [0, 0.05) is 22.2 Å². The number of fused-ring (bicyclic) bond motifs is 1. The number of rotatable bonds is 7.